The molecule has 0 saturated carbocycles. The molecule has 7 heteroatoms. The molecule has 2 heterocycles. The third-order valence-electron chi connectivity index (χ3n) is 2.43. The van der Waals surface area contributed by atoms with Crippen molar-refractivity contribution in [2.24, 2.45) is 7.05 Å². The van der Waals surface area contributed by atoms with Crippen LogP contribution in [0, 0.1) is 0 Å². The molecule has 2 aromatic heterocycles. The van der Waals surface area contributed by atoms with E-state index in [-0.39, 0.29) is 12.5 Å². The van der Waals surface area contributed by atoms with E-state index >= 15 is 0 Å². The number of aliphatic hydroxyl groups excluding tert-OH is 1. The zero-order valence-corrected chi connectivity index (χ0v) is 10.1. The molecular weight excluding hydrogens is 234 g/mol. The number of hydrogen-bond acceptors (Lipinski definition) is 5. The summed E-state index contributed by atoms with van der Waals surface area (Å²) < 4.78 is 1.69. The molecule has 0 bridgehead atoms. The molecule has 0 aliphatic carbocycles. The summed E-state index contributed by atoms with van der Waals surface area (Å²) in [4.78, 5) is 15.0. The highest BCUT2D eigenvalue weighted by molar-refractivity contribution is 5.88. The molecule has 0 radical (unpaired) electrons. The van der Waals surface area contributed by atoms with Gasteiger partial charge in [0.15, 0.2) is 11.6 Å². The van der Waals surface area contributed by atoms with E-state index in [2.05, 4.69) is 20.5 Å². The molecular formula is C11H13N5O2. The Balaban J connectivity index is 2.38. The quantitative estimate of drug-likeness (QED) is 0.815. The van der Waals surface area contributed by atoms with Crippen molar-refractivity contribution in [2.75, 3.05) is 5.32 Å². The Kier molecular flexibility index (Phi) is 3.33. The predicted octanol–water partition coefficient (Wildman–Crippen LogP) is 0.328. The molecule has 2 rings (SSSR count). The van der Waals surface area contributed by atoms with Gasteiger partial charge in [-0.25, -0.2) is 4.98 Å². The van der Waals surface area contributed by atoms with Crippen molar-refractivity contribution in [3.8, 4) is 11.4 Å². The third-order valence-corrected chi connectivity index (χ3v) is 2.43. The van der Waals surface area contributed by atoms with Crippen LogP contribution in [0.5, 0.6) is 0 Å². The van der Waals surface area contributed by atoms with Gasteiger partial charge in [0.25, 0.3) is 0 Å². The predicted molar refractivity (Wildman–Crippen MR) is 64.5 cm³/mol. The highest BCUT2D eigenvalue weighted by atomic mass is 16.3. The van der Waals surface area contributed by atoms with Crippen molar-refractivity contribution in [3.63, 3.8) is 0 Å². The van der Waals surface area contributed by atoms with Crippen molar-refractivity contribution in [3.05, 3.63) is 24.2 Å². The lowest BCUT2D eigenvalue weighted by Crippen LogP contribution is -2.07. The maximum Gasteiger partial charge on any atom is 0.222 e. The van der Waals surface area contributed by atoms with Crippen LogP contribution < -0.4 is 5.32 Å². The van der Waals surface area contributed by atoms with E-state index < -0.39 is 0 Å². The number of amides is 1. The van der Waals surface area contributed by atoms with Gasteiger partial charge in [0.1, 0.15) is 12.4 Å². The minimum absolute atomic E-state index is 0.173. The van der Waals surface area contributed by atoms with E-state index in [1.54, 1.807) is 29.9 Å². The van der Waals surface area contributed by atoms with Crippen LogP contribution in [0.2, 0.25) is 0 Å². The molecule has 18 heavy (non-hydrogen) atoms. The number of aromatic nitrogens is 4. The van der Waals surface area contributed by atoms with Gasteiger partial charge in [-0.3, -0.25) is 4.79 Å². The molecule has 2 N–H and O–H groups in total. The third kappa shape index (κ3) is 2.35. The minimum Gasteiger partial charge on any atom is -0.388 e. The Morgan fingerprint density at radius 2 is 2.28 bits per heavy atom. The second-order valence-corrected chi connectivity index (χ2v) is 3.77. The van der Waals surface area contributed by atoms with Crippen LogP contribution in [0.1, 0.15) is 12.7 Å². The lowest BCUT2D eigenvalue weighted by molar-refractivity contribution is -0.114. The molecule has 0 unspecified atom stereocenters. The summed E-state index contributed by atoms with van der Waals surface area (Å²) in [5.74, 6) is 1.35. The first-order valence-corrected chi connectivity index (χ1v) is 5.35. The average Bonchev–Trinajstić information content (AvgIpc) is 2.70. The summed E-state index contributed by atoms with van der Waals surface area (Å²) >= 11 is 0. The van der Waals surface area contributed by atoms with Gasteiger partial charge >= 0.3 is 0 Å². The van der Waals surface area contributed by atoms with Gasteiger partial charge in [0, 0.05) is 25.7 Å². The van der Waals surface area contributed by atoms with Crippen LogP contribution >= 0.6 is 0 Å². The Labute approximate surface area is 104 Å². The molecule has 0 saturated heterocycles. The van der Waals surface area contributed by atoms with Crippen molar-refractivity contribution >= 4 is 11.7 Å². The van der Waals surface area contributed by atoms with Crippen molar-refractivity contribution in [1.82, 2.24) is 19.7 Å². The number of pyridine rings is 1. The van der Waals surface area contributed by atoms with Gasteiger partial charge in [-0.1, -0.05) is 0 Å². The molecule has 2 aromatic rings. The molecule has 7 nitrogen and oxygen atoms in total. The molecule has 0 aliphatic rings. The Bertz CT molecular complexity index is 579. The second-order valence-electron chi connectivity index (χ2n) is 3.77. The standard InChI is InChI=1S/C11H13N5O2/c1-7(18)13-9-5-8(3-4-12-9)11-15-14-10(6-17)16(11)2/h3-5,17H,6H2,1-2H3,(H,12,13,18). The summed E-state index contributed by atoms with van der Waals surface area (Å²) in [6, 6.07) is 3.46. The fourth-order valence-corrected chi connectivity index (χ4v) is 1.57. The molecule has 0 atom stereocenters. The van der Waals surface area contributed by atoms with Crippen LogP contribution in [0.4, 0.5) is 5.82 Å². The monoisotopic (exact) mass is 247 g/mol. The molecule has 0 aliphatic heterocycles. The lowest BCUT2D eigenvalue weighted by Gasteiger charge is -2.05. The maximum atomic E-state index is 11.0. The number of hydrogen-bond donors (Lipinski definition) is 2. The van der Waals surface area contributed by atoms with Crippen LogP contribution in [0.3, 0.4) is 0 Å². The Morgan fingerprint density at radius 1 is 1.50 bits per heavy atom. The van der Waals surface area contributed by atoms with Crippen molar-refractivity contribution in [1.29, 1.82) is 0 Å². The largest absolute Gasteiger partial charge is 0.388 e. The van der Waals surface area contributed by atoms with Crippen LogP contribution in [-0.2, 0) is 18.4 Å². The molecule has 0 aromatic carbocycles. The van der Waals surface area contributed by atoms with Gasteiger partial charge in [-0.05, 0) is 12.1 Å². The van der Waals surface area contributed by atoms with E-state index in [4.69, 9.17) is 5.11 Å². The summed E-state index contributed by atoms with van der Waals surface area (Å²) in [6.45, 7) is 1.24. The first-order chi connectivity index (χ1) is 8.61. The summed E-state index contributed by atoms with van der Waals surface area (Å²) in [6.07, 6.45) is 1.58. The molecule has 0 fully saturated rings. The molecule has 1 amide bonds. The van der Waals surface area contributed by atoms with Gasteiger partial charge in [0.2, 0.25) is 5.91 Å². The van der Waals surface area contributed by atoms with Gasteiger partial charge in [-0.2, -0.15) is 0 Å². The summed E-state index contributed by atoms with van der Waals surface area (Å²) in [5.41, 5.74) is 0.767. The van der Waals surface area contributed by atoms with Crippen molar-refractivity contribution in [2.45, 2.75) is 13.5 Å². The number of carbonyl (C=O) groups excluding carboxylic acids is 1. The fraction of sp³-hybridized carbons (Fsp3) is 0.273. The zero-order valence-electron chi connectivity index (χ0n) is 10.1. The smallest absolute Gasteiger partial charge is 0.222 e. The normalized spacial score (nSPS) is 10.4. The van der Waals surface area contributed by atoms with Crippen LogP contribution in [0.15, 0.2) is 18.3 Å². The first kappa shape index (κ1) is 12.2. The SMILES string of the molecule is CC(=O)Nc1cc(-c2nnc(CO)n2C)ccn1. The van der Waals surface area contributed by atoms with Gasteiger partial charge in [-0.15, -0.1) is 10.2 Å². The van der Waals surface area contributed by atoms with E-state index in [9.17, 15) is 4.79 Å². The van der Waals surface area contributed by atoms with Gasteiger partial charge < -0.3 is 15.0 Å². The molecule has 94 valence electrons. The van der Waals surface area contributed by atoms with E-state index in [0.717, 1.165) is 5.56 Å². The average molecular weight is 247 g/mol. The highest BCUT2D eigenvalue weighted by Gasteiger charge is 2.10. The first-order valence-electron chi connectivity index (χ1n) is 5.35. The number of nitrogens with one attached hydrogen (secondary N) is 1. The van der Waals surface area contributed by atoms with E-state index in [0.29, 0.717) is 17.5 Å². The topological polar surface area (TPSA) is 92.9 Å². The zero-order chi connectivity index (χ0) is 13.1. The number of carbonyl (C=O) groups is 1. The summed E-state index contributed by atoms with van der Waals surface area (Å²) in [5, 5.41) is 19.5. The van der Waals surface area contributed by atoms with Crippen LogP contribution in [0.25, 0.3) is 11.4 Å². The van der Waals surface area contributed by atoms with E-state index in [1.165, 1.54) is 6.92 Å². The van der Waals surface area contributed by atoms with Gasteiger partial charge in [0.05, 0.1) is 0 Å². The van der Waals surface area contributed by atoms with Crippen molar-refractivity contribution < 1.29 is 9.90 Å². The lowest BCUT2D eigenvalue weighted by atomic mass is 10.2. The molecule has 0 spiro atoms. The minimum atomic E-state index is -0.186. The Hall–Kier alpha value is -2.28. The Morgan fingerprint density at radius 3 is 2.89 bits per heavy atom. The maximum absolute atomic E-state index is 11.0. The number of nitrogens with zero attached hydrogens (tertiary/aromatic N) is 4. The fourth-order valence-electron chi connectivity index (χ4n) is 1.57. The summed E-state index contributed by atoms with van der Waals surface area (Å²) in [7, 11) is 1.76. The highest BCUT2D eigenvalue weighted by Crippen LogP contribution is 2.19. The van der Waals surface area contributed by atoms with E-state index in [1.807, 2.05) is 0 Å². The second kappa shape index (κ2) is 4.92. The number of aliphatic hydroxyl groups is 1. The van der Waals surface area contributed by atoms with Crippen LogP contribution in [-0.4, -0.2) is 30.8 Å². The number of anilines is 1. The number of rotatable bonds is 3.